The second kappa shape index (κ2) is 6.98. The minimum absolute atomic E-state index is 0.249. The van der Waals surface area contributed by atoms with E-state index in [0.717, 1.165) is 5.57 Å². The Morgan fingerprint density at radius 2 is 1.93 bits per heavy atom. The third kappa shape index (κ3) is 6.66. The molecule has 0 radical (unpaired) electrons. The number of nitrogens with zero attached hydrogens (tertiary/aromatic N) is 1. The lowest BCUT2D eigenvalue weighted by molar-refractivity contribution is 0.423. The molecular weight excluding hydrogens is 193 g/mol. The van der Waals surface area contributed by atoms with Gasteiger partial charge in [0, 0.05) is 13.5 Å². The SMILES string of the molecule is C=C(OC(C)=NCC)C(C)=CC=C(C)F. The molecule has 0 saturated heterocycles. The van der Waals surface area contributed by atoms with Crippen molar-refractivity contribution in [2.75, 3.05) is 6.54 Å². The van der Waals surface area contributed by atoms with E-state index < -0.39 is 0 Å². The zero-order chi connectivity index (χ0) is 11.8. The van der Waals surface area contributed by atoms with Gasteiger partial charge in [0.15, 0.2) is 5.90 Å². The van der Waals surface area contributed by atoms with Crippen LogP contribution in [0, 0.1) is 0 Å². The summed E-state index contributed by atoms with van der Waals surface area (Å²) in [6.45, 7) is 11.3. The molecule has 0 aliphatic carbocycles. The minimum Gasteiger partial charge on any atom is -0.444 e. The standard InChI is InChI=1S/C12H18FNO/c1-6-14-12(5)15-11(4)9(2)7-8-10(3)13/h7-8H,4,6H2,1-3,5H3. The van der Waals surface area contributed by atoms with Crippen LogP contribution in [0.15, 0.2) is 40.9 Å². The number of allylic oxidation sites excluding steroid dienone is 4. The minimum atomic E-state index is -0.249. The zero-order valence-electron chi connectivity index (χ0n) is 9.80. The Bertz CT molecular complexity index is 310. The van der Waals surface area contributed by atoms with E-state index in [0.29, 0.717) is 18.2 Å². The predicted molar refractivity (Wildman–Crippen MR) is 62.5 cm³/mol. The fourth-order valence-corrected chi connectivity index (χ4v) is 0.847. The molecule has 0 aromatic heterocycles. The van der Waals surface area contributed by atoms with Crippen LogP contribution in [0.1, 0.15) is 27.7 Å². The van der Waals surface area contributed by atoms with Crippen LogP contribution < -0.4 is 0 Å². The Kier molecular flexibility index (Phi) is 6.34. The van der Waals surface area contributed by atoms with E-state index in [1.165, 1.54) is 13.0 Å². The van der Waals surface area contributed by atoms with Gasteiger partial charge in [0.1, 0.15) is 5.76 Å². The first kappa shape index (κ1) is 13.6. The second-order valence-electron chi connectivity index (χ2n) is 3.12. The number of rotatable bonds is 4. The zero-order valence-corrected chi connectivity index (χ0v) is 9.80. The largest absolute Gasteiger partial charge is 0.444 e. The number of hydrogen-bond acceptors (Lipinski definition) is 2. The Labute approximate surface area is 90.9 Å². The molecule has 0 fully saturated rings. The Hall–Kier alpha value is -1.38. The normalized spacial score (nSPS) is 14.1. The maximum Gasteiger partial charge on any atom is 0.186 e. The van der Waals surface area contributed by atoms with Crippen molar-refractivity contribution in [2.45, 2.75) is 27.7 Å². The molecule has 0 atom stereocenters. The number of hydrogen-bond donors (Lipinski definition) is 0. The molecule has 0 unspecified atom stereocenters. The van der Waals surface area contributed by atoms with Crippen LogP contribution in [0.5, 0.6) is 0 Å². The third-order valence-electron chi connectivity index (χ3n) is 1.65. The lowest BCUT2D eigenvalue weighted by Crippen LogP contribution is -2.00. The van der Waals surface area contributed by atoms with Gasteiger partial charge in [0.05, 0.1) is 5.83 Å². The van der Waals surface area contributed by atoms with Crippen LogP contribution >= 0.6 is 0 Å². The summed E-state index contributed by atoms with van der Waals surface area (Å²) in [5, 5.41) is 0. The van der Waals surface area contributed by atoms with E-state index in [2.05, 4.69) is 11.6 Å². The van der Waals surface area contributed by atoms with Crippen LogP contribution in [-0.4, -0.2) is 12.4 Å². The van der Waals surface area contributed by atoms with Crippen LogP contribution in [0.3, 0.4) is 0 Å². The lowest BCUT2D eigenvalue weighted by atomic mass is 10.2. The van der Waals surface area contributed by atoms with E-state index >= 15 is 0 Å². The predicted octanol–water partition coefficient (Wildman–Crippen LogP) is 3.77. The van der Waals surface area contributed by atoms with Crippen LogP contribution in [0.25, 0.3) is 0 Å². The van der Waals surface area contributed by atoms with Crippen LogP contribution in [0.4, 0.5) is 4.39 Å². The maximum absolute atomic E-state index is 12.4. The molecule has 0 aromatic carbocycles. The summed E-state index contributed by atoms with van der Waals surface area (Å²) in [5.41, 5.74) is 0.776. The van der Waals surface area contributed by atoms with Gasteiger partial charge in [0.25, 0.3) is 0 Å². The second-order valence-corrected chi connectivity index (χ2v) is 3.12. The molecule has 3 heteroatoms. The van der Waals surface area contributed by atoms with Gasteiger partial charge in [-0.3, -0.25) is 4.99 Å². The number of halogens is 1. The average Bonchev–Trinajstić information content (AvgIpc) is 2.14. The highest BCUT2D eigenvalue weighted by molar-refractivity contribution is 5.74. The highest BCUT2D eigenvalue weighted by Crippen LogP contribution is 2.10. The summed E-state index contributed by atoms with van der Waals surface area (Å²) in [5.74, 6) is 0.805. The van der Waals surface area contributed by atoms with Crippen LogP contribution in [0.2, 0.25) is 0 Å². The van der Waals surface area contributed by atoms with E-state index in [4.69, 9.17) is 4.74 Å². The topological polar surface area (TPSA) is 21.6 Å². The molecule has 0 aliphatic rings. The summed E-state index contributed by atoms with van der Waals surface area (Å²) in [6.07, 6.45) is 2.99. The molecule has 84 valence electrons. The van der Waals surface area contributed by atoms with Crippen LogP contribution in [-0.2, 0) is 4.74 Å². The summed E-state index contributed by atoms with van der Waals surface area (Å²) < 4.78 is 17.8. The van der Waals surface area contributed by atoms with Crippen molar-refractivity contribution in [3.63, 3.8) is 0 Å². The third-order valence-corrected chi connectivity index (χ3v) is 1.65. The summed E-state index contributed by atoms with van der Waals surface area (Å²) >= 11 is 0. The van der Waals surface area contributed by atoms with Gasteiger partial charge in [-0.15, -0.1) is 0 Å². The average molecular weight is 211 g/mol. The maximum atomic E-state index is 12.4. The van der Waals surface area contributed by atoms with Crippen molar-refractivity contribution < 1.29 is 9.13 Å². The molecule has 0 aromatic rings. The van der Waals surface area contributed by atoms with E-state index in [9.17, 15) is 4.39 Å². The quantitative estimate of drug-likeness (QED) is 0.300. The Balaban J connectivity index is 4.41. The highest BCUT2D eigenvalue weighted by Gasteiger charge is 1.99. The first-order chi connectivity index (χ1) is 6.97. The molecule has 0 spiro atoms. The summed E-state index contributed by atoms with van der Waals surface area (Å²) in [7, 11) is 0. The van der Waals surface area contributed by atoms with E-state index in [-0.39, 0.29) is 5.83 Å². The van der Waals surface area contributed by atoms with E-state index in [1.54, 1.807) is 19.9 Å². The van der Waals surface area contributed by atoms with Gasteiger partial charge < -0.3 is 4.74 Å². The molecule has 0 aliphatic heterocycles. The molecule has 0 N–H and O–H groups in total. The summed E-state index contributed by atoms with van der Waals surface area (Å²) in [6, 6.07) is 0. The fourth-order valence-electron chi connectivity index (χ4n) is 0.847. The molecule has 0 saturated carbocycles. The van der Waals surface area contributed by atoms with Gasteiger partial charge in [-0.2, -0.15) is 0 Å². The smallest absolute Gasteiger partial charge is 0.186 e. The fraction of sp³-hybridized carbons (Fsp3) is 0.417. The van der Waals surface area contributed by atoms with E-state index in [1.807, 2.05) is 6.92 Å². The molecule has 15 heavy (non-hydrogen) atoms. The Morgan fingerprint density at radius 3 is 2.40 bits per heavy atom. The van der Waals surface area contributed by atoms with Crippen molar-refractivity contribution >= 4 is 5.90 Å². The van der Waals surface area contributed by atoms with Gasteiger partial charge in [-0.25, -0.2) is 4.39 Å². The molecular formula is C12H18FNO. The van der Waals surface area contributed by atoms with Crippen molar-refractivity contribution in [3.8, 4) is 0 Å². The molecule has 0 rings (SSSR count). The van der Waals surface area contributed by atoms with Gasteiger partial charge in [-0.1, -0.05) is 12.7 Å². The summed E-state index contributed by atoms with van der Waals surface area (Å²) in [4.78, 5) is 4.06. The van der Waals surface area contributed by atoms with Crippen molar-refractivity contribution in [3.05, 3.63) is 35.9 Å². The monoisotopic (exact) mass is 211 g/mol. The molecule has 0 amide bonds. The van der Waals surface area contributed by atoms with Gasteiger partial charge in [-0.05, 0) is 32.4 Å². The van der Waals surface area contributed by atoms with Crippen molar-refractivity contribution in [1.82, 2.24) is 0 Å². The first-order valence-corrected chi connectivity index (χ1v) is 4.86. The Morgan fingerprint density at radius 1 is 1.33 bits per heavy atom. The molecule has 0 heterocycles. The van der Waals surface area contributed by atoms with Gasteiger partial charge >= 0.3 is 0 Å². The molecule has 2 nitrogen and oxygen atoms in total. The van der Waals surface area contributed by atoms with Crippen molar-refractivity contribution in [2.24, 2.45) is 4.99 Å². The first-order valence-electron chi connectivity index (χ1n) is 4.86. The van der Waals surface area contributed by atoms with Gasteiger partial charge in [0.2, 0.25) is 0 Å². The lowest BCUT2D eigenvalue weighted by Gasteiger charge is -2.07. The number of aliphatic imine (C=N–C) groups is 1. The molecule has 0 bridgehead atoms. The van der Waals surface area contributed by atoms with Crippen molar-refractivity contribution in [1.29, 1.82) is 0 Å². The number of ether oxygens (including phenoxy) is 1. The highest BCUT2D eigenvalue weighted by atomic mass is 19.1.